The highest BCUT2D eigenvalue weighted by Crippen LogP contribution is 2.54. The molecule has 2 aliphatic heterocycles. The van der Waals surface area contributed by atoms with Crippen LogP contribution in [0, 0.1) is 38.5 Å². The molecule has 1 fully saturated rings. The van der Waals surface area contributed by atoms with Crippen molar-refractivity contribution in [2.45, 2.75) is 26.7 Å². The van der Waals surface area contributed by atoms with E-state index in [9.17, 15) is 14.4 Å². The van der Waals surface area contributed by atoms with Gasteiger partial charge in [0.1, 0.15) is 11.5 Å². The van der Waals surface area contributed by atoms with Crippen LogP contribution >= 0.6 is 0 Å². The van der Waals surface area contributed by atoms with Crippen molar-refractivity contribution in [1.29, 1.82) is 0 Å². The van der Waals surface area contributed by atoms with Crippen LogP contribution in [0.15, 0.2) is 66.7 Å². The van der Waals surface area contributed by atoms with E-state index in [0.717, 1.165) is 33.4 Å². The lowest BCUT2D eigenvalue weighted by Crippen LogP contribution is -2.42. The van der Waals surface area contributed by atoms with Crippen LogP contribution in [0.4, 0.5) is 5.69 Å². The molecule has 0 bridgehead atoms. The number of carbonyl (C=O) groups is 3. The maximum Gasteiger partial charge on any atom is 0.319 e. The molecule has 3 aliphatic rings. The second-order valence-corrected chi connectivity index (χ2v) is 10.2. The minimum absolute atomic E-state index is 0.295. The first kappa shape index (κ1) is 23.2. The SMILES string of the molecule is COc1ccc([C@@H]2C=C3c4ccc(C)cc4OC(=O)[C@@H]3[C@@H]3C(=O)N(c4ccc(C)c(C)c4)C(=O)[C@@H]32)cc1. The van der Waals surface area contributed by atoms with Crippen molar-refractivity contribution < 1.29 is 23.9 Å². The maximum absolute atomic E-state index is 14.0. The predicted octanol–water partition coefficient (Wildman–Crippen LogP) is 5.14. The lowest BCUT2D eigenvalue weighted by molar-refractivity contribution is -0.142. The molecular formula is C31H27NO5. The number of methoxy groups -OCH3 is 1. The molecular weight excluding hydrogens is 466 g/mol. The fourth-order valence-corrected chi connectivity index (χ4v) is 5.94. The summed E-state index contributed by atoms with van der Waals surface area (Å²) in [6.45, 7) is 5.88. The molecule has 0 N–H and O–H groups in total. The Balaban J connectivity index is 1.54. The summed E-state index contributed by atoms with van der Waals surface area (Å²) in [6.07, 6.45) is 2.00. The summed E-state index contributed by atoms with van der Waals surface area (Å²) in [4.78, 5) is 42.7. The van der Waals surface area contributed by atoms with Crippen molar-refractivity contribution in [3.63, 3.8) is 0 Å². The molecule has 3 aromatic carbocycles. The van der Waals surface area contributed by atoms with Gasteiger partial charge in [0.15, 0.2) is 0 Å². The molecule has 0 spiro atoms. The first-order valence-electron chi connectivity index (χ1n) is 12.4. The quantitative estimate of drug-likeness (QED) is 0.287. The molecule has 1 saturated heterocycles. The van der Waals surface area contributed by atoms with E-state index in [1.165, 1.54) is 4.90 Å². The first-order chi connectivity index (χ1) is 17.8. The number of benzene rings is 3. The largest absolute Gasteiger partial charge is 0.497 e. The minimum atomic E-state index is -0.858. The highest BCUT2D eigenvalue weighted by Gasteiger charge is 2.60. The van der Waals surface area contributed by atoms with Gasteiger partial charge in [-0.2, -0.15) is 0 Å². The Morgan fingerprint density at radius 3 is 2.24 bits per heavy atom. The molecule has 6 heteroatoms. The third-order valence-corrected chi connectivity index (χ3v) is 8.00. The number of anilines is 1. The number of amides is 2. The Bertz CT molecular complexity index is 1500. The fourth-order valence-electron chi connectivity index (χ4n) is 5.94. The van der Waals surface area contributed by atoms with E-state index in [2.05, 4.69) is 0 Å². The number of fused-ring (bicyclic) bond motifs is 5. The van der Waals surface area contributed by atoms with E-state index < -0.39 is 29.6 Å². The van der Waals surface area contributed by atoms with Gasteiger partial charge in [-0.1, -0.05) is 36.4 Å². The third kappa shape index (κ3) is 3.50. The van der Waals surface area contributed by atoms with Crippen molar-refractivity contribution >= 4 is 29.0 Å². The van der Waals surface area contributed by atoms with Gasteiger partial charge >= 0.3 is 5.97 Å². The van der Waals surface area contributed by atoms with E-state index in [0.29, 0.717) is 17.2 Å². The summed E-state index contributed by atoms with van der Waals surface area (Å²) in [7, 11) is 1.60. The molecule has 0 unspecified atom stereocenters. The number of imide groups is 1. The lowest BCUT2D eigenvalue weighted by Gasteiger charge is -2.38. The fraction of sp³-hybridized carbons (Fsp3) is 0.258. The van der Waals surface area contributed by atoms with Gasteiger partial charge in [0.2, 0.25) is 11.8 Å². The zero-order valence-electron chi connectivity index (χ0n) is 21.1. The number of hydrogen-bond acceptors (Lipinski definition) is 5. The van der Waals surface area contributed by atoms with Gasteiger partial charge in [0.25, 0.3) is 0 Å². The molecule has 0 radical (unpaired) electrons. The highest BCUT2D eigenvalue weighted by molar-refractivity contribution is 6.24. The number of aryl methyl sites for hydroxylation is 3. The van der Waals surface area contributed by atoms with Gasteiger partial charge in [0, 0.05) is 11.5 Å². The van der Waals surface area contributed by atoms with Crippen LogP contribution in [0.3, 0.4) is 0 Å². The molecule has 0 saturated carbocycles. The average molecular weight is 494 g/mol. The standard InChI is InChI=1S/C31H27NO5/c1-16-5-12-22-24-15-23(19-7-10-21(36-4)11-8-19)26-28(27(24)31(35)37-25(22)13-16)30(34)32(29(26)33)20-9-6-17(2)18(3)14-20/h5-15,23,26-28H,1-4H3/t23-,26+,27-,28+/m0/s1. The summed E-state index contributed by atoms with van der Waals surface area (Å²) in [6, 6.07) is 18.8. The topological polar surface area (TPSA) is 72.9 Å². The number of rotatable bonds is 3. The van der Waals surface area contributed by atoms with Gasteiger partial charge in [-0.25, -0.2) is 4.90 Å². The van der Waals surface area contributed by atoms with Crippen molar-refractivity contribution in [3.8, 4) is 11.5 Å². The zero-order chi connectivity index (χ0) is 26.0. The smallest absolute Gasteiger partial charge is 0.319 e. The zero-order valence-corrected chi connectivity index (χ0v) is 21.1. The molecule has 37 heavy (non-hydrogen) atoms. The van der Waals surface area contributed by atoms with E-state index in [-0.39, 0.29) is 11.8 Å². The summed E-state index contributed by atoms with van der Waals surface area (Å²) < 4.78 is 11.1. The highest BCUT2D eigenvalue weighted by atomic mass is 16.5. The monoisotopic (exact) mass is 493 g/mol. The van der Waals surface area contributed by atoms with Crippen LogP contribution in [-0.2, 0) is 14.4 Å². The second kappa shape index (κ2) is 8.44. The number of carbonyl (C=O) groups excluding carboxylic acids is 3. The van der Waals surface area contributed by atoms with Crippen LogP contribution in [0.2, 0.25) is 0 Å². The molecule has 1 aliphatic carbocycles. The van der Waals surface area contributed by atoms with Crippen LogP contribution in [0.25, 0.3) is 5.57 Å². The van der Waals surface area contributed by atoms with Crippen molar-refractivity contribution in [2.75, 3.05) is 12.0 Å². The number of ether oxygens (including phenoxy) is 2. The summed E-state index contributed by atoms with van der Waals surface area (Å²) >= 11 is 0. The Morgan fingerprint density at radius 1 is 0.811 bits per heavy atom. The number of allylic oxidation sites excluding steroid dienone is 1. The maximum atomic E-state index is 14.0. The Hall–Kier alpha value is -4.19. The summed E-state index contributed by atoms with van der Waals surface area (Å²) in [5.74, 6) is -2.78. The van der Waals surface area contributed by atoms with Gasteiger partial charge in [-0.15, -0.1) is 0 Å². The number of esters is 1. The van der Waals surface area contributed by atoms with E-state index in [1.54, 1.807) is 13.2 Å². The third-order valence-electron chi connectivity index (χ3n) is 8.00. The van der Waals surface area contributed by atoms with Gasteiger partial charge < -0.3 is 9.47 Å². The van der Waals surface area contributed by atoms with Crippen molar-refractivity contribution in [3.05, 3.63) is 94.6 Å². The lowest BCUT2D eigenvalue weighted by atomic mass is 9.64. The minimum Gasteiger partial charge on any atom is -0.497 e. The summed E-state index contributed by atoms with van der Waals surface area (Å²) in [5.41, 5.74) is 5.98. The molecule has 2 amide bonds. The van der Waals surface area contributed by atoms with Crippen LogP contribution in [-0.4, -0.2) is 24.9 Å². The molecule has 0 aromatic heterocycles. The molecule has 3 aromatic rings. The predicted molar refractivity (Wildman–Crippen MR) is 139 cm³/mol. The number of hydrogen-bond donors (Lipinski definition) is 0. The molecule has 4 atom stereocenters. The van der Waals surface area contributed by atoms with Crippen LogP contribution in [0.1, 0.15) is 33.7 Å². The van der Waals surface area contributed by atoms with E-state index in [1.807, 2.05) is 81.4 Å². The molecule has 6 rings (SSSR count). The van der Waals surface area contributed by atoms with Gasteiger partial charge in [-0.3, -0.25) is 14.4 Å². The Morgan fingerprint density at radius 2 is 1.54 bits per heavy atom. The Kier molecular flexibility index (Phi) is 5.30. The van der Waals surface area contributed by atoms with E-state index in [4.69, 9.17) is 9.47 Å². The van der Waals surface area contributed by atoms with Gasteiger partial charge in [-0.05, 0) is 78.9 Å². The van der Waals surface area contributed by atoms with Gasteiger partial charge in [0.05, 0.1) is 30.6 Å². The molecule has 2 heterocycles. The normalized spacial score (nSPS) is 24.2. The average Bonchev–Trinajstić information content (AvgIpc) is 3.15. The van der Waals surface area contributed by atoms with Crippen LogP contribution < -0.4 is 14.4 Å². The second-order valence-electron chi connectivity index (χ2n) is 10.2. The summed E-state index contributed by atoms with van der Waals surface area (Å²) in [5, 5.41) is 0. The first-order valence-corrected chi connectivity index (χ1v) is 12.4. The van der Waals surface area contributed by atoms with E-state index >= 15 is 0 Å². The Labute approximate surface area is 215 Å². The van der Waals surface area contributed by atoms with Crippen molar-refractivity contribution in [2.24, 2.45) is 17.8 Å². The van der Waals surface area contributed by atoms with Crippen LogP contribution in [0.5, 0.6) is 11.5 Å². The number of nitrogens with zero attached hydrogens (tertiary/aromatic N) is 1. The molecule has 186 valence electrons. The van der Waals surface area contributed by atoms with Crippen molar-refractivity contribution in [1.82, 2.24) is 0 Å². The molecule has 6 nitrogen and oxygen atoms in total.